The molecule has 0 radical (unpaired) electrons. The Morgan fingerprint density at radius 2 is 1.57 bits per heavy atom. The van der Waals surface area contributed by atoms with Crippen LogP contribution < -0.4 is 15.4 Å². The van der Waals surface area contributed by atoms with Crippen molar-refractivity contribution < 1.29 is 29.0 Å². The number of rotatable bonds is 13. The largest absolute Gasteiger partial charge is 0.508 e. The Labute approximate surface area is 273 Å². The molecule has 3 aromatic rings. The molecule has 3 amide bonds. The Hall–Kier alpha value is -4.53. The number of phenols is 1. The summed E-state index contributed by atoms with van der Waals surface area (Å²) in [6.45, 7) is 13.2. The van der Waals surface area contributed by atoms with Crippen molar-refractivity contribution in [3.8, 4) is 11.5 Å². The highest BCUT2D eigenvalue weighted by Crippen LogP contribution is 2.32. The van der Waals surface area contributed by atoms with E-state index in [1.165, 1.54) is 6.07 Å². The van der Waals surface area contributed by atoms with Crippen molar-refractivity contribution in [2.24, 2.45) is 5.92 Å². The molecule has 3 unspecified atom stereocenters. The number of aromatic hydroxyl groups is 1. The summed E-state index contributed by atoms with van der Waals surface area (Å²) in [6, 6.07) is 18.7. The normalized spacial score (nSPS) is 13.3. The summed E-state index contributed by atoms with van der Waals surface area (Å²) in [5.41, 5.74) is 1.68. The summed E-state index contributed by atoms with van der Waals surface area (Å²) in [5.74, 6) is 0.223. The first-order valence-electron chi connectivity index (χ1n) is 15.8. The van der Waals surface area contributed by atoms with Crippen LogP contribution in [-0.4, -0.2) is 52.7 Å². The Kier molecular flexibility index (Phi) is 12.6. The average molecular weight is 632 g/mol. The lowest BCUT2D eigenvalue weighted by atomic mass is 9.95. The molecule has 0 spiro atoms. The van der Waals surface area contributed by atoms with Gasteiger partial charge in [0.05, 0.1) is 7.11 Å². The summed E-state index contributed by atoms with van der Waals surface area (Å²) in [4.78, 5) is 43.9. The van der Waals surface area contributed by atoms with E-state index in [4.69, 9.17) is 9.47 Å². The molecule has 0 aliphatic heterocycles. The van der Waals surface area contributed by atoms with Crippen LogP contribution in [0.1, 0.15) is 77.1 Å². The first kappa shape index (κ1) is 35.9. The van der Waals surface area contributed by atoms with E-state index in [-0.39, 0.29) is 12.2 Å². The fourth-order valence-corrected chi connectivity index (χ4v) is 5.16. The van der Waals surface area contributed by atoms with Gasteiger partial charge in [0.2, 0.25) is 5.91 Å². The molecule has 0 aliphatic rings. The zero-order valence-corrected chi connectivity index (χ0v) is 28.3. The summed E-state index contributed by atoms with van der Waals surface area (Å²) in [5, 5.41) is 16.1. The number of aryl methyl sites for hydroxylation is 1. The number of nitrogens with one attached hydrogen (secondary N) is 2. The zero-order chi connectivity index (χ0) is 34.0. The number of carbonyl (C=O) groups excluding carboxylic acids is 3. The molecule has 0 saturated heterocycles. The third-order valence-electron chi connectivity index (χ3n) is 7.58. The van der Waals surface area contributed by atoms with Gasteiger partial charge in [0.1, 0.15) is 29.2 Å². The van der Waals surface area contributed by atoms with Crippen molar-refractivity contribution >= 4 is 23.6 Å². The van der Waals surface area contributed by atoms with Crippen molar-refractivity contribution in [3.63, 3.8) is 0 Å². The van der Waals surface area contributed by atoms with Crippen LogP contribution in [0.3, 0.4) is 0 Å². The molecule has 0 aliphatic carbocycles. The molecule has 0 saturated carbocycles. The minimum atomic E-state index is -1.09. The van der Waals surface area contributed by atoms with Crippen LogP contribution in [-0.2, 0) is 20.7 Å². The van der Waals surface area contributed by atoms with Crippen molar-refractivity contribution in [3.05, 3.63) is 89.5 Å². The van der Waals surface area contributed by atoms with Crippen LogP contribution in [0.25, 0.3) is 0 Å². The first-order chi connectivity index (χ1) is 21.7. The van der Waals surface area contributed by atoms with Gasteiger partial charge in [-0.2, -0.15) is 0 Å². The van der Waals surface area contributed by atoms with Crippen molar-refractivity contribution in [1.29, 1.82) is 0 Å². The van der Waals surface area contributed by atoms with Crippen LogP contribution in [0, 0.1) is 12.8 Å². The number of methoxy groups -OCH3 is 1. The Bertz CT molecular complexity index is 1450. The summed E-state index contributed by atoms with van der Waals surface area (Å²) < 4.78 is 10.8. The molecule has 0 fully saturated rings. The third kappa shape index (κ3) is 10.5. The molecule has 9 heteroatoms. The predicted octanol–water partition coefficient (Wildman–Crippen LogP) is 7.18. The van der Waals surface area contributed by atoms with Gasteiger partial charge in [-0.05, 0) is 106 Å². The number of benzene rings is 3. The number of anilines is 1. The smallest absolute Gasteiger partial charge is 0.408 e. The van der Waals surface area contributed by atoms with E-state index >= 15 is 0 Å². The molecule has 3 aromatic carbocycles. The first-order valence-corrected chi connectivity index (χ1v) is 15.8. The molecule has 0 heterocycles. The summed E-state index contributed by atoms with van der Waals surface area (Å²) >= 11 is 0. The predicted molar refractivity (Wildman–Crippen MR) is 181 cm³/mol. The topological polar surface area (TPSA) is 117 Å². The van der Waals surface area contributed by atoms with Gasteiger partial charge < -0.3 is 30.1 Å². The second-order valence-electron chi connectivity index (χ2n) is 13.1. The Morgan fingerprint density at radius 1 is 0.913 bits per heavy atom. The number of ether oxygens (including phenoxy) is 2. The molecule has 0 aromatic heterocycles. The molecule has 248 valence electrons. The van der Waals surface area contributed by atoms with E-state index in [9.17, 15) is 19.5 Å². The molecular formula is C37H49N3O6. The van der Waals surface area contributed by atoms with E-state index in [1.54, 1.807) is 76.1 Å². The van der Waals surface area contributed by atoms with E-state index in [1.807, 2.05) is 37.3 Å². The number of alkyl carbamates (subject to hydrolysis) is 1. The second-order valence-corrected chi connectivity index (χ2v) is 13.1. The summed E-state index contributed by atoms with van der Waals surface area (Å²) in [7, 11) is 1.57. The van der Waals surface area contributed by atoms with Crippen LogP contribution in [0.15, 0.2) is 72.8 Å². The molecule has 46 heavy (non-hydrogen) atoms. The molecule has 3 atom stereocenters. The molecule has 3 rings (SSSR count). The summed E-state index contributed by atoms with van der Waals surface area (Å²) in [6.07, 6.45) is 0.900. The zero-order valence-electron chi connectivity index (χ0n) is 28.3. The van der Waals surface area contributed by atoms with Crippen LogP contribution in [0.5, 0.6) is 11.5 Å². The number of nitrogens with zero attached hydrogens (tertiary/aromatic N) is 1. The van der Waals surface area contributed by atoms with Gasteiger partial charge in [-0.15, -0.1) is 0 Å². The molecular weight excluding hydrogens is 582 g/mol. The maximum absolute atomic E-state index is 14.9. The van der Waals surface area contributed by atoms with E-state index in [2.05, 4.69) is 24.5 Å². The van der Waals surface area contributed by atoms with Crippen molar-refractivity contribution in [1.82, 2.24) is 10.2 Å². The van der Waals surface area contributed by atoms with Crippen molar-refractivity contribution in [2.75, 3.05) is 12.4 Å². The van der Waals surface area contributed by atoms with Gasteiger partial charge in [-0.25, -0.2) is 4.79 Å². The van der Waals surface area contributed by atoms with Crippen molar-refractivity contribution in [2.45, 2.75) is 91.5 Å². The van der Waals surface area contributed by atoms with Crippen LogP contribution in [0.2, 0.25) is 0 Å². The lowest BCUT2D eigenvalue weighted by Crippen LogP contribution is -2.55. The maximum Gasteiger partial charge on any atom is 0.408 e. The van der Waals surface area contributed by atoms with Crippen LogP contribution >= 0.6 is 0 Å². The Balaban J connectivity index is 2.14. The highest BCUT2D eigenvalue weighted by Gasteiger charge is 2.39. The van der Waals surface area contributed by atoms with E-state index in [0.717, 1.165) is 12.0 Å². The fourth-order valence-electron chi connectivity index (χ4n) is 5.16. The highest BCUT2D eigenvalue weighted by molar-refractivity contribution is 5.99. The fraction of sp³-hybridized carbons (Fsp3) is 0.432. The van der Waals surface area contributed by atoms with Crippen LogP contribution in [0.4, 0.5) is 10.5 Å². The molecule has 9 nitrogen and oxygen atoms in total. The minimum absolute atomic E-state index is 0.0809. The lowest BCUT2D eigenvalue weighted by Gasteiger charge is -2.39. The Morgan fingerprint density at radius 3 is 2.13 bits per heavy atom. The van der Waals surface area contributed by atoms with Gasteiger partial charge in [-0.3, -0.25) is 9.59 Å². The molecule has 3 N–H and O–H groups in total. The monoisotopic (exact) mass is 631 g/mol. The average Bonchev–Trinajstić information content (AvgIpc) is 2.99. The molecule has 0 bridgehead atoms. The highest BCUT2D eigenvalue weighted by atomic mass is 16.6. The number of amides is 3. The van der Waals surface area contributed by atoms with Gasteiger partial charge in [-0.1, -0.05) is 50.2 Å². The van der Waals surface area contributed by atoms with Gasteiger partial charge in [0.15, 0.2) is 0 Å². The SMILES string of the molecule is COc1ccc(NC(=O)C(c2ccc(O)c(C)c2)N(C(=O)C(Cc2ccccc2)NC(=O)OC(C)(C)C)C(C)CCC(C)C)cc1. The lowest BCUT2D eigenvalue weighted by molar-refractivity contribution is -0.143. The number of hydrogen-bond donors (Lipinski definition) is 3. The second kappa shape index (κ2) is 16.2. The number of hydrogen-bond acceptors (Lipinski definition) is 6. The van der Waals surface area contributed by atoms with E-state index < -0.39 is 41.6 Å². The minimum Gasteiger partial charge on any atom is -0.508 e. The van der Waals surface area contributed by atoms with E-state index in [0.29, 0.717) is 34.9 Å². The number of carbonyl (C=O) groups is 3. The van der Waals surface area contributed by atoms with Gasteiger partial charge in [0.25, 0.3) is 5.91 Å². The van der Waals surface area contributed by atoms with Gasteiger partial charge >= 0.3 is 6.09 Å². The third-order valence-corrected chi connectivity index (χ3v) is 7.58. The van der Waals surface area contributed by atoms with Gasteiger partial charge in [0, 0.05) is 18.2 Å². The quantitative estimate of drug-likeness (QED) is 0.184. The maximum atomic E-state index is 14.9. The standard InChI is InChI=1S/C37H49N3O6/c1-24(2)14-15-26(4)40(35(43)31(23-27-12-10-9-11-13-27)39-36(44)46-37(5,6)7)33(28-16-21-32(41)25(3)22-28)34(42)38-29-17-19-30(45-8)20-18-29/h9-13,16-22,24,26,31,33,41H,14-15,23H2,1-8H3,(H,38,42)(H,39,44). The number of phenolic OH excluding ortho intramolecular Hbond substituents is 1.